The Morgan fingerprint density at radius 3 is 2.39 bits per heavy atom. The van der Waals surface area contributed by atoms with Crippen molar-refractivity contribution in [2.24, 2.45) is 0 Å². The average molecular weight is 437 g/mol. The summed E-state index contributed by atoms with van der Waals surface area (Å²) in [6.45, 7) is 2.02. The van der Waals surface area contributed by atoms with Gasteiger partial charge in [-0.15, -0.1) is 0 Å². The molecule has 1 atom stereocenters. The maximum Gasteiger partial charge on any atom is 0.300 e. The third-order valence-corrected chi connectivity index (χ3v) is 5.57. The molecule has 2 heterocycles. The third-order valence-electron chi connectivity index (χ3n) is 5.28. The number of carbonyl (C=O) groups excluding carboxylic acids is 2. The van der Waals surface area contributed by atoms with Gasteiger partial charge in [0.05, 0.1) is 16.6 Å². The largest absolute Gasteiger partial charge is 0.507 e. The Kier molecular flexibility index (Phi) is 5.57. The second-order valence-corrected chi connectivity index (χ2v) is 7.51. The van der Waals surface area contributed by atoms with Crippen molar-refractivity contribution in [2.45, 2.75) is 19.4 Å². The predicted molar refractivity (Wildman–Crippen MR) is 116 cm³/mol. The van der Waals surface area contributed by atoms with Crippen LogP contribution in [0.2, 0.25) is 5.02 Å². The number of benzene rings is 2. The molecule has 0 spiro atoms. The van der Waals surface area contributed by atoms with Crippen LogP contribution in [-0.2, 0) is 16.0 Å². The topological polar surface area (TPSA) is 70.5 Å². The van der Waals surface area contributed by atoms with Crippen molar-refractivity contribution < 1.29 is 19.1 Å². The Bertz CT molecular complexity index is 1190. The molecule has 0 bridgehead atoms. The number of aliphatic hydroxyl groups is 1. The highest BCUT2D eigenvalue weighted by molar-refractivity contribution is 6.51. The molecule has 1 amide bonds. The summed E-state index contributed by atoms with van der Waals surface area (Å²) in [5, 5.41) is 10.8. The Hall–Kier alpha value is -3.51. The van der Waals surface area contributed by atoms with Crippen molar-refractivity contribution in [1.82, 2.24) is 4.98 Å². The number of aliphatic hydroxyl groups excluding tert-OH is 1. The summed E-state index contributed by atoms with van der Waals surface area (Å²) < 4.78 is 13.7. The smallest absolute Gasteiger partial charge is 0.300 e. The van der Waals surface area contributed by atoms with E-state index in [0.29, 0.717) is 11.1 Å². The maximum absolute atomic E-state index is 13.7. The van der Waals surface area contributed by atoms with E-state index in [1.54, 1.807) is 12.1 Å². The number of anilines is 1. The number of carbonyl (C=O) groups is 2. The molecule has 0 saturated carbocycles. The lowest BCUT2D eigenvalue weighted by atomic mass is 9.94. The zero-order valence-corrected chi connectivity index (χ0v) is 17.3. The molecule has 1 aromatic heterocycles. The quantitative estimate of drug-likeness (QED) is 0.352. The Balaban J connectivity index is 1.94. The van der Waals surface area contributed by atoms with E-state index in [2.05, 4.69) is 4.98 Å². The molecule has 0 aliphatic carbocycles. The van der Waals surface area contributed by atoms with Gasteiger partial charge in [0.15, 0.2) is 0 Å². The van der Waals surface area contributed by atoms with E-state index < -0.39 is 23.5 Å². The van der Waals surface area contributed by atoms with Crippen molar-refractivity contribution in [2.75, 3.05) is 4.90 Å². The summed E-state index contributed by atoms with van der Waals surface area (Å²) in [6, 6.07) is 13.4. The first-order valence-electron chi connectivity index (χ1n) is 9.67. The van der Waals surface area contributed by atoms with Gasteiger partial charge in [-0.1, -0.05) is 42.8 Å². The fraction of sp³-hybridized carbons (Fsp3) is 0.125. The zero-order chi connectivity index (χ0) is 22.1. The number of hydrogen-bond donors (Lipinski definition) is 1. The molecule has 1 unspecified atom stereocenters. The van der Waals surface area contributed by atoms with Crippen molar-refractivity contribution in [3.8, 4) is 0 Å². The van der Waals surface area contributed by atoms with Crippen LogP contribution in [0.5, 0.6) is 0 Å². The molecule has 1 fully saturated rings. The molecule has 1 N–H and O–H groups in total. The molecule has 1 aliphatic rings. The van der Waals surface area contributed by atoms with E-state index in [0.717, 1.165) is 18.1 Å². The summed E-state index contributed by atoms with van der Waals surface area (Å²) in [6.07, 6.45) is 3.79. The first-order valence-corrected chi connectivity index (χ1v) is 10.1. The summed E-state index contributed by atoms with van der Waals surface area (Å²) >= 11 is 5.94. The van der Waals surface area contributed by atoms with E-state index in [9.17, 15) is 19.1 Å². The minimum atomic E-state index is -0.902. The molecule has 2 aromatic carbocycles. The molecule has 0 radical (unpaired) electrons. The number of rotatable bonds is 4. The lowest BCUT2D eigenvalue weighted by Crippen LogP contribution is -2.29. The monoisotopic (exact) mass is 436 g/mol. The second-order valence-electron chi connectivity index (χ2n) is 7.10. The van der Waals surface area contributed by atoms with Crippen molar-refractivity contribution >= 4 is 34.7 Å². The van der Waals surface area contributed by atoms with Crippen LogP contribution in [0.3, 0.4) is 0 Å². The number of Topliss-reactive ketones (excluding diaryl/α,β-unsaturated/α-hetero) is 1. The van der Waals surface area contributed by atoms with Gasteiger partial charge in [0, 0.05) is 23.6 Å². The fourth-order valence-electron chi connectivity index (χ4n) is 3.65. The number of nitrogens with zero attached hydrogens (tertiary/aromatic N) is 2. The molecule has 1 aliphatic heterocycles. The molecule has 4 rings (SSSR count). The number of amides is 1. The van der Waals surface area contributed by atoms with Gasteiger partial charge in [-0.25, -0.2) is 4.39 Å². The lowest BCUT2D eigenvalue weighted by molar-refractivity contribution is -0.132. The molecule has 7 heteroatoms. The van der Waals surface area contributed by atoms with E-state index in [4.69, 9.17) is 11.6 Å². The normalized spacial score (nSPS) is 17.9. The number of aromatic nitrogens is 1. The van der Waals surface area contributed by atoms with Gasteiger partial charge in [0.25, 0.3) is 11.7 Å². The van der Waals surface area contributed by atoms with Crippen LogP contribution in [-0.4, -0.2) is 21.8 Å². The summed E-state index contributed by atoms with van der Waals surface area (Å²) in [5.74, 6) is -2.61. The van der Waals surface area contributed by atoms with E-state index in [1.807, 2.05) is 31.2 Å². The van der Waals surface area contributed by atoms with Crippen molar-refractivity contribution in [3.05, 3.63) is 100 Å². The lowest BCUT2D eigenvalue weighted by Gasteiger charge is -2.25. The zero-order valence-electron chi connectivity index (χ0n) is 16.5. The number of pyridine rings is 1. The number of halogens is 2. The van der Waals surface area contributed by atoms with Gasteiger partial charge < -0.3 is 5.11 Å². The molecule has 5 nitrogen and oxygen atoms in total. The van der Waals surface area contributed by atoms with Crippen LogP contribution in [0.15, 0.2) is 72.6 Å². The summed E-state index contributed by atoms with van der Waals surface area (Å²) in [4.78, 5) is 31.2. The SMILES string of the molecule is CCc1ccc(C2/C(=C(\O)c3ccncc3)C(=O)C(=O)N2c2ccc(F)c(Cl)c2)cc1. The van der Waals surface area contributed by atoms with E-state index >= 15 is 0 Å². The number of aryl methyl sites for hydroxylation is 1. The molecule has 1 saturated heterocycles. The van der Waals surface area contributed by atoms with Crippen LogP contribution in [0.4, 0.5) is 10.1 Å². The second kappa shape index (κ2) is 8.32. The van der Waals surface area contributed by atoms with Gasteiger partial charge in [-0.3, -0.25) is 19.5 Å². The number of hydrogen-bond acceptors (Lipinski definition) is 4. The highest BCUT2D eigenvalue weighted by atomic mass is 35.5. The summed E-state index contributed by atoms with van der Waals surface area (Å²) in [5.41, 5.74) is 2.28. The summed E-state index contributed by atoms with van der Waals surface area (Å²) in [7, 11) is 0. The van der Waals surface area contributed by atoms with Crippen LogP contribution >= 0.6 is 11.6 Å². The number of ketones is 1. The molecular weight excluding hydrogens is 419 g/mol. The van der Waals surface area contributed by atoms with Crippen LogP contribution in [0.1, 0.15) is 29.7 Å². The van der Waals surface area contributed by atoms with Crippen molar-refractivity contribution in [1.29, 1.82) is 0 Å². The van der Waals surface area contributed by atoms with Gasteiger partial charge in [0.1, 0.15) is 11.6 Å². The highest BCUT2D eigenvalue weighted by Crippen LogP contribution is 2.42. The van der Waals surface area contributed by atoms with Gasteiger partial charge in [0.2, 0.25) is 0 Å². The predicted octanol–water partition coefficient (Wildman–Crippen LogP) is 5.06. The van der Waals surface area contributed by atoms with E-state index in [1.165, 1.54) is 29.4 Å². The average Bonchev–Trinajstić information content (AvgIpc) is 3.06. The van der Waals surface area contributed by atoms with Gasteiger partial charge in [-0.2, -0.15) is 0 Å². The Labute approximate surface area is 183 Å². The standard InChI is InChI=1S/C24H18ClFN2O3/c1-2-14-3-5-15(6-4-14)21-20(22(29)16-9-11-27-12-10-16)23(30)24(31)28(21)17-7-8-19(26)18(25)13-17/h3-13,21,29H,2H2,1H3/b22-20+. The minimum Gasteiger partial charge on any atom is -0.507 e. The Morgan fingerprint density at radius 2 is 1.77 bits per heavy atom. The van der Waals surface area contributed by atoms with Crippen LogP contribution in [0, 0.1) is 5.82 Å². The molecule has 3 aromatic rings. The van der Waals surface area contributed by atoms with Crippen molar-refractivity contribution in [3.63, 3.8) is 0 Å². The van der Waals surface area contributed by atoms with Gasteiger partial charge >= 0.3 is 0 Å². The fourth-order valence-corrected chi connectivity index (χ4v) is 3.82. The molecule has 156 valence electrons. The first-order chi connectivity index (χ1) is 14.9. The minimum absolute atomic E-state index is 0.0547. The van der Waals surface area contributed by atoms with E-state index in [-0.39, 0.29) is 22.0 Å². The highest BCUT2D eigenvalue weighted by Gasteiger charge is 2.47. The Morgan fingerprint density at radius 1 is 1.10 bits per heavy atom. The third kappa shape index (κ3) is 3.70. The van der Waals surface area contributed by atoms with Crippen LogP contribution < -0.4 is 4.90 Å². The van der Waals surface area contributed by atoms with Crippen LogP contribution in [0.25, 0.3) is 5.76 Å². The first kappa shape index (κ1) is 20.8. The molecular formula is C24H18ClFN2O3. The van der Waals surface area contributed by atoms with Gasteiger partial charge in [-0.05, 0) is 47.9 Å². The maximum atomic E-state index is 13.7. The molecule has 31 heavy (non-hydrogen) atoms.